The van der Waals surface area contributed by atoms with Crippen LogP contribution in [0.3, 0.4) is 0 Å². The Hall–Kier alpha value is -1.13. The fourth-order valence-electron chi connectivity index (χ4n) is 2.61. The second kappa shape index (κ2) is 11.2. The van der Waals surface area contributed by atoms with Crippen LogP contribution < -0.4 is 10.6 Å². The Morgan fingerprint density at radius 3 is 2.29 bits per heavy atom. The normalized spacial score (nSPS) is 12.4. The van der Waals surface area contributed by atoms with Gasteiger partial charge in [-0.2, -0.15) is 0 Å². The fraction of sp³-hybridized carbons (Fsp3) is 0.450. The van der Waals surface area contributed by atoms with Crippen molar-refractivity contribution < 1.29 is 8.42 Å². The molecule has 2 N–H and O–H groups in total. The highest BCUT2D eigenvalue weighted by Gasteiger charge is 2.21. The molecule has 0 amide bonds. The minimum atomic E-state index is -3.01. The molecule has 0 aliphatic heterocycles. The number of hydrogen-bond donors (Lipinski definition) is 2. The third-order valence-electron chi connectivity index (χ3n) is 4.10. The molecule has 0 spiro atoms. The summed E-state index contributed by atoms with van der Waals surface area (Å²) in [6.45, 7) is 8.59. The van der Waals surface area contributed by atoms with Gasteiger partial charge in [-0.3, -0.25) is 0 Å². The fourth-order valence-corrected chi connectivity index (χ4v) is 4.26. The van der Waals surface area contributed by atoms with Crippen molar-refractivity contribution in [2.45, 2.75) is 38.5 Å². The molecule has 0 aliphatic carbocycles. The van der Waals surface area contributed by atoms with Crippen LogP contribution in [0.25, 0.3) is 0 Å². The first-order chi connectivity index (χ1) is 12.7. The maximum absolute atomic E-state index is 11.4. The molecule has 0 bridgehead atoms. The number of rotatable bonds is 8. The van der Waals surface area contributed by atoms with Crippen molar-refractivity contribution in [1.29, 1.82) is 0 Å². The van der Waals surface area contributed by atoms with E-state index in [0.717, 1.165) is 30.2 Å². The third kappa shape index (κ3) is 8.48. The van der Waals surface area contributed by atoms with Crippen LogP contribution in [0.15, 0.2) is 46.8 Å². The number of halogens is 1. The minimum absolute atomic E-state index is 0. The highest BCUT2D eigenvalue weighted by atomic mass is 127. The van der Waals surface area contributed by atoms with Gasteiger partial charge in [0, 0.05) is 29.6 Å². The van der Waals surface area contributed by atoms with Crippen molar-refractivity contribution in [1.82, 2.24) is 10.6 Å². The number of aliphatic imine (C=N–C) groups is 1. The van der Waals surface area contributed by atoms with Gasteiger partial charge in [-0.15, -0.1) is 35.3 Å². The van der Waals surface area contributed by atoms with Crippen molar-refractivity contribution in [3.05, 3.63) is 57.8 Å². The van der Waals surface area contributed by atoms with Crippen LogP contribution in [-0.4, -0.2) is 33.7 Å². The molecule has 0 unspecified atom stereocenters. The van der Waals surface area contributed by atoms with E-state index in [4.69, 9.17) is 0 Å². The molecule has 2 aromatic rings. The summed E-state index contributed by atoms with van der Waals surface area (Å²) in [6, 6.07) is 11.8. The zero-order chi connectivity index (χ0) is 19.9. The molecule has 0 saturated heterocycles. The Kier molecular flexibility index (Phi) is 9.92. The zero-order valence-electron chi connectivity index (χ0n) is 16.9. The Bertz CT molecular complexity index is 846. The third-order valence-corrected chi connectivity index (χ3v) is 6.20. The number of hydrogen-bond acceptors (Lipinski definition) is 4. The zero-order valence-corrected chi connectivity index (χ0v) is 20.8. The van der Waals surface area contributed by atoms with Crippen LogP contribution in [0.5, 0.6) is 0 Å². The second-order valence-electron chi connectivity index (χ2n) is 7.30. The first kappa shape index (κ1) is 24.9. The molecule has 28 heavy (non-hydrogen) atoms. The smallest absolute Gasteiger partial charge is 0.191 e. The van der Waals surface area contributed by atoms with Crippen LogP contribution >= 0.6 is 35.3 Å². The second-order valence-corrected chi connectivity index (χ2v) is 10.4. The Morgan fingerprint density at radius 2 is 1.75 bits per heavy atom. The lowest BCUT2D eigenvalue weighted by atomic mass is 9.91. The number of sulfone groups is 1. The monoisotopic (exact) mass is 535 g/mol. The van der Waals surface area contributed by atoms with E-state index in [1.165, 1.54) is 11.1 Å². The Morgan fingerprint density at radius 1 is 1.11 bits per heavy atom. The molecular formula is C20H30IN3O2S2. The van der Waals surface area contributed by atoms with E-state index in [1.54, 1.807) is 11.3 Å². The summed E-state index contributed by atoms with van der Waals surface area (Å²) in [5.41, 5.74) is 1.87. The van der Waals surface area contributed by atoms with Crippen LogP contribution in [-0.2, 0) is 27.5 Å². The molecule has 1 aromatic heterocycles. The van der Waals surface area contributed by atoms with Gasteiger partial charge in [0.1, 0.15) is 0 Å². The molecule has 8 heteroatoms. The average molecular weight is 536 g/mol. The van der Waals surface area contributed by atoms with Gasteiger partial charge in [-0.1, -0.05) is 44.2 Å². The summed E-state index contributed by atoms with van der Waals surface area (Å²) in [5, 5.41) is 8.81. The van der Waals surface area contributed by atoms with Gasteiger partial charge < -0.3 is 10.6 Å². The molecule has 0 fully saturated rings. The van der Waals surface area contributed by atoms with E-state index in [2.05, 4.69) is 47.0 Å². The molecule has 1 heterocycles. The maximum atomic E-state index is 11.4. The van der Waals surface area contributed by atoms with Gasteiger partial charge >= 0.3 is 0 Å². The van der Waals surface area contributed by atoms with Gasteiger partial charge in [-0.25, -0.2) is 13.4 Å². The first-order valence-corrected chi connectivity index (χ1v) is 12.0. The van der Waals surface area contributed by atoms with Gasteiger partial charge in [0.15, 0.2) is 15.8 Å². The number of benzene rings is 1. The topological polar surface area (TPSA) is 70.6 Å². The highest BCUT2D eigenvalue weighted by Crippen LogP contribution is 2.26. The van der Waals surface area contributed by atoms with Crippen molar-refractivity contribution in [3.63, 3.8) is 0 Å². The van der Waals surface area contributed by atoms with Gasteiger partial charge in [-0.05, 0) is 29.5 Å². The number of nitrogens with one attached hydrogen (secondary N) is 2. The lowest BCUT2D eigenvalue weighted by Gasteiger charge is -2.25. The SMILES string of the molecule is CCNC(=NCc1ccc(CS(C)(=O)=O)cc1)NCC(C)(C)c1cccs1.I. The largest absolute Gasteiger partial charge is 0.357 e. The average Bonchev–Trinajstić information content (AvgIpc) is 3.13. The lowest BCUT2D eigenvalue weighted by Crippen LogP contribution is -2.43. The maximum Gasteiger partial charge on any atom is 0.191 e. The van der Waals surface area contributed by atoms with Gasteiger partial charge in [0.2, 0.25) is 0 Å². The highest BCUT2D eigenvalue weighted by molar-refractivity contribution is 14.0. The Labute approximate surface area is 190 Å². The van der Waals surface area contributed by atoms with Gasteiger partial charge in [0.05, 0.1) is 12.3 Å². The molecule has 5 nitrogen and oxygen atoms in total. The molecule has 0 aliphatic rings. The van der Waals surface area contributed by atoms with Gasteiger partial charge in [0.25, 0.3) is 0 Å². The first-order valence-electron chi connectivity index (χ1n) is 9.01. The molecule has 156 valence electrons. The summed E-state index contributed by atoms with van der Waals surface area (Å²) >= 11 is 1.77. The predicted octanol–water partition coefficient (Wildman–Crippen LogP) is 3.94. The van der Waals surface area contributed by atoms with Crippen LogP contribution in [0.1, 0.15) is 36.8 Å². The van der Waals surface area contributed by atoms with E-state index in [-0.39, 0.29) is 35.1 Å². The molecule has 1 aromatic carbocycles. The van der Waals surface area contributed by atoms with Crippen molar-refractivity contribution in [3.8, 4) is 0 Å². The number of guanidine groups is 1. The van der Waals surface area contributed by atoms with E-state index in [0.29, 0.717) is 6.54 Å². The summed E-state index contributed by atoms with van der Waals surface area (Å²) in [7, 11) is -3.01. The summed E-state index contributed by atoms with van der Waals surface area (Å²) < 4.78 is 22.7. The standard InChI is InChI=1S/C20H29N3O2S2.HI/c1-5-21-19(23-15-20(2,3)18-7-6-12-26-18)22-13-16-8-10-17(11-9-16)14-27(4,24)25;/h6-12H,5,13-15H2,1-4H3,(H2,21,22,23);1H. The summed E-state index contributed by atoms with van der Waals surface area (Å²) in [5.74, 6) is 0.848. The van der Waals surface area contributed by atoms with Crippen molar-refractivity contribution >= 4 is 51.1 Å². The summed E-state index contributed by atoms with van der Waals surface area (Å²) in [4.78, 5) is 5.99. The Balaban J connectivity index is 0.00000392. The molecule has 0 radical (unpaired) electrons. The molecule has 0 saturated carbocycles. The van der Waals surface area contributed by atoms with Crippen LogP contribution in [0.4, 0.5) is 0 Å². The van der Waals surface area contributed by atoms with E-state index >= 15 is 0 Å². The van der Waals surface area contributed by atoms with E-state index in [9.17, 15) is 8.42 Å². The molecular weight excluding hydrogens is 505 g/mol. The summed E-state index contributed by atoms with van der Waals surface area (Å²) in [6.07, 6.45) is 1.25. The van der Waals surface area contributed by atoms with Crippen molar-refractivity contribution in [2.75, 3.05) is 19.3 Å². The molecule has 0 atom stereocenters. The lowest BCUT2D eigenvalue weighted by molar-refractivity contribution is 0.518. The number of nitrogens with zero attached hydrogens (tertiary/aromatic N) is 1. The number of thiophene rings is 1. The minimum Gasteiger partial charge on any atom is -0.357 e. The molecule has 2 rings (SSSR count). The van der Waals surface area contributed by atoms with E-state index in [1.807, 2.05) is 31.2 Å². The van der Waals surface area contributed by atoms with Crippen molar-refractivity contribution in [2.24, 2.45) is 4.99 Å². The van der Waals surface area contributed by atoms with E-state index < -0.39 is 9.84 Å². The van der Waals surface area contributed by atoms with Crippen LogP contribution in [0.2, 0.25) is 0 Å². The van der Waals surface area contributed by atoms with Crippen LogP contribution in [0, 0.1) is 0 Å². The quantitative estimate of drug-likeness (QED) is 0.305. The predicted molar refractivity (Wildman–Crippen MR) is 131 cm³/mol.